The second-order valence-corrected chi connectivity index (χ2v) is 5.61. The quantitative estimate of drug-likeness (QED) is 0.595. The van der Waals surface area contributed by atoms with Gasteiger partial charge in [-0.1, -0.05) is 11.6 Å². The highest BCUT2D eigenvalue weighted by atomic mass is 35.5. The molecule has 0 aliphatic heterocycles. The van der Waals surface area contributed by atoms with Crippen LogP contribution in [0.1, 0.15) is 12.0 Å². The van der Waals surface area contributed by atoms with Crippen LogP contribution < -0.4 is 4.74 Å². The van der Waals surface area contributed by atoms with Crippen LogP contribution in [-0.2, 0) is 9.47 Å². The minimum Gasteiger partial charge on any atom is -0.488 e. The zero-order valence-electron chi connectivity index (χ0n) is 11.1. The Morgan fingerprint density at radius 3 is 2.74 bits per heavy atom. The molecule has 3 unspecified atom stereocenters. The number of alkyl halides is 1. The lowest BCUT2D eigenvalue weighted by Gasteiger charge is -2.40. The van der Waals surface area contributed by atoms with Gasteiger partial charge < -0.3 is 14.2 Å². The molecule has 0 saturated heterocycles. The Balaban J connectivity index is 1.89. The molecule has 0 aromatic heterocycles. The molecular weight excluding hydrogens is 287 g/mol. The van der Waals surface area contributed by atoms with Gasteiger partial charge >= 0.3 is 0 Å². The van der Waals surface area contributed by atoms with Crippen molar-refractivity contribution >= 4 is 23.2 Å². The van der Waals surface area contributed by atoms with Crippen molar-refractivity contribution in [2.24, 2.45) is 0 Å². The molecule has 106 valence electrons. The van der Waals surface area contributed by atoms with Gasteiger partial charge in [0.25, 0.3) is 0 Å². The molecule has 3 atom stereocenters. The number of aryl methyl sites for hydroxylation is 1. The third-order valence-electron chi connectivity index (χ3n) is 3.20. The highest BCUT2D eigenvalue weighted by Gasteiger charge is 2.42. The second kappa shape index (κ2) is 6.80. The van der Waals surface area contributed by atoms with Crippen molar-refractivity contribution in [1.29, 1.82) is 0 Å². The minimum absolute atomic E-state index is 0.0000633. The number of ether oxygens (including phenoxy) is 3. The van der Waals surface area contributed by atoms with Gasteiger partial charge in [-0.3, -0.25) is 0 Å². The lowest BCUT2D eigenvalue weighted by atomic mass is 9.91. The predicted molar refractivity (Wildman–Crippen MR) is 76.5 cm³/mol. The molecule has 3 nitrogen and oxygen atoms in total. The SMILES string of the molecule is COCCOC1C(Cl)CC1Oc1ccc(Cl)c(C)c1. The summed E-state index contributed by atoms with van der Waals surface area (Å²) in [6.45, 7) is 3.05. The lowest BCUT2D eigenvalue weighted by Crippen LogP contribution is -2.53. The van der Waals surface area contributed by atoms with Crippen molar-refractivity contribution in [3.05, 3.63) is 28.8 Å². The Hall–Kier alpha value is -0.480. The van der Waals surface area contributed by atoms with E-state index in [9.17, 15) is 0 Å². The maximum Gasteiger partial charge on any atom is 0.128 e. The predicted octanol–water partition coefficient (Wildman–Crippen LogP) is 3.44. The first-order valence-corrected chi connectivity index (χ1v) is 7.10. The summed E-state index contributed by atoms with van der Waals surface area (Å²) in [7, 11) is 1.65. The summed E-state index contributed by atoms with van der Waals surface area (Å²) in [6.07, 6.45) is 0.716. The van der Waals surface area contributed by atoms with Crippen molar-refractivity contribution < 1.29 is 14.2 Å². The van der Waals surface area contributed by atoms with E-state index in [4.69, 9.17) is 37.4 Å². The summed E-state index contributed by atoms with van der Waals surface area (Å²) in [5.41, 5.74) is 0.998. The molecule has 0 spiro atoms. The average Bonchev–Trinajstić information content (AvgIpc) is 2.38. The largest absolute Gasteiger partial charge is 0.488 e. The molecule has 1 aromatic rings. The van der Waals surface area contributed by atoms with Crippen LogP contribution in [0.3, 0.4) is 0 Å². The molecule has 2 rings (SSSR count). The van der Waals surface area contributed by atoms with E-state index in [0.29, 0.717) is 13.2 Å². The highest BCUT2D eigenvalue weighted by molar-refractivity contribution is 6.31. The first-order valence-electron chi connectivity index (χ1n) is 6.29. The zero-order valence-corrected chi connectivity index (χ0v) is 12.6. The zero-order chi connectivity index (χ0) is 13.8. The Labute approximate surface area is 123 Å². The molecule has 1 fully saturated rings. The van der Waals surface area contributed by atoms with E-state index in [0.717, 1.165) is 22.8 Å². The Morgan fingerprint density at radius 1 is 1.32 bits per heavy atom. The third-order valence-corrected chi connectivity index (χ3v) is 4.05. The monoisotopic (exact) mass is 304 g/mol. The van der Waals surface area contributed by atoms with Crippen molar-refractivity contribution in [2.45, 2.75) is 30.9 Å². The average molecular weight is 305 g/mol. The van der Waals surface area contributed by atoms with E-state index < -0.39 is 0 Å². The van der Waals surface area contributed by atoms with Gasteiger partial charge in [-0.25, -0.2) is 0 Å². The lowest BCUT2D eigenvalue weighted by molar-refractivity contribution is -0.0898. The second-order valence-electron chi connectivity index (χ2n) is 4.65. The highest BCUT2D eigenvalue weighted by Crippen LogP contribution is 2.33. The number of methoxy groups -OCH3 is 1. The van der Waals surface area contributed by atoms with Crippen LogP contribution in [0, 0.1) is 6.92 Å². The van der Waals surface area contributed by atoms with Gasteiger partial charge in [-0.05, 0) is 30.7 Å². The molecule has 1 aromatic carbocycles. The van der Waals surface area contributed by atoms with E-state index in [2.05, 4.69) is 0 Å². The van der Waals surface area contributed by atoms with Gasteiger partial charge in [0.15, 0.2) is 0 Å². The summed E-state index contributed by atoms with van der Waals surface area (Å²) in [5, 5.41) is 0.749. The Morgan fingerprint density at radius 2 is 2.11 bits per heavy atom. The van der Waals surface area contributed by atoms with E-state index in [1.54, 1.807) is 7.11 Å². The fourth-order valence-corrected chi connectivity index (χ4v) is 2.52. The molecular formula is C14H18Cl2O3. The standard InChI is InChI=1S/C14H18Cl2O3/c1-9-7-10(3-4-11(9)15)19-13-8-12(16)14(13)18-6-5-17-2/h3-4,7,12-14H,5-6,8H2,1-2H3. The number of halogens is 2. The van der Waals surface area contributed by atoms with Crippen LogP contribution >= 0.6 is 23.2 Å². The number of hydrogen-bond acceptors (Lipinski definition) is 3. The van der Waals surface area contributed by atoms with Crippen LogP contribution in [0.4, 0.5) is 0 Å². The van der Waals surface area contributed by atoms with Gasteiger partial charge in [0, 0.05) is 18.6 Å². The van der Waals surface area contributed by atoms with E-state index in [1.165, 1.54) is 0 Å². The molecule has 0 N–H and O–H groups in total. The molecule has 0 radical (unpaired) electrons. The van der Waals surface area contributed by atoms with Gasteiger partial charge in [0.2, 0.25) is 0 Å². The summed E-state index contributed by atoms with van der Waals surface area (Å²) in [5.74, 6) is 0.802. The van der Waals surface area contributed by atoms with Crippen molar-refractivity contribution in [3.63, 3.8) is 0 Å². The Kier molecular flexibility index (Phi) is 5.34. The molecule has 0 amide bonds. The number of rotatable bonds is 6. The van der Waals surface area contributed by atoms with Crippen molar-refractivity contribution in [2.75, 3.05) is 20.3 Å². The van der Waals surface area contributed by atoms with E-state index in [-0.39, 0.29) is 17.6 Å². The fourth-order valence-electron chi connectivity index (χ4n) is 1.99. The van der Waals surface area contributed by atoms with Crippen LogP contribution in [-0.4, -0.2) is 37.9 Å². The topological polar surface area (TPSA) is 27.7 Å². The fraction of sp³-hybridized carbons (Fsp3) is 0.571. The maximum absolute atomic E-state index is 6.14. The normalized spacial score (nSPS) is 26.0. The number of benzene rings is 1. The van der Waals surface area contributed by atoms with Crippen molar-refractivity contribution in [1.82, 2.24) is 0 Å². The van der Waals surface area contributed by atoms with Gasteiger partial charge in [-0.2, -0.15) is 0 Å². The summed E-state index contributed by atoms with van der Waals surface area (Å²) in [6, 6.07) is 5.63. The smallest absolute Gasteiger partial charge is 0.128 e. The molecule has 1 saturated carbocycles. The van der Waals surface area contributed by atoms with Crippen LogP contribution in [0.15, 0.2) is 18.2 Å². The van der Waals surface area contributed by atoms with E-state index >= 15 is 0 Å². The first kappa shape index (κ1) is 14.9. The summed E-state index contributed by atoms with van der Waals surface area (Å²) in [4.78, 5) is 0. The van der Waals surface area contributed by atoms with Gasteiger partial charge in [-0.15, -0.1) is 11.6 Å². The van der Waals surface area contributed by atoms with E-state index in [1.807, 2.05) is 25.1 Å². The molecule has 19 heavy (non-hydrogen) atoms. The minimum atomic E-state index is -0.0761. The molecule has 1 aliphatic rings. The van der Waals surface area contributed by atoms with Gasteiger partial charge in [0.1, 0.15) is 18.0 Å². The number of hydrogen-bond donors (Lipinski definition) is 0. The first-order chi connectivity index (χ1) is 9.11. The van der Waals surface area contributed by atoms with Crippen LogP contribution in [0.25, 0.3) is 0 Å². The molecule has 0 heterocycles. The molecule has 5 heteroatoms. The summed E-state index contributed by atoms with van der Waals surface area (Å²) >= 11 is 12.1. The van der Waals surface area contributed by atoms with Crippen molar-refractivity contribution in [3.8, 4) is 5.75 Å². The molecule has 0 bridgehead atoms. The molecule has 1 aliphatic carbocycles. The van der Waals surface area contributed by atoms with Gasteiger partial charge in [0.05, 0.1) is 18.6 Å². The Bertz CT molecular complexity index is 425. The van der Waals surface area contributed by atoms with Crippen LogP contribution in [0.2, 0.25) is 5.02 Å². The summed E-state index contributed by atoms with van der Waals surface area (Å²) < 4.78 is 16.5. The maximum atomic E-state index is 6.14. The third kappa shape index (κ3) is 3.76. The van der Waals surface area contributed by atoms with Crippen LogP contribution in [0.5, 0.6) is 5.75 Å².